The molecule has 2 heterocycles. The van der Waals surface area contributed by atoms with Crippen molar-refractivity contribution in [1.82, 2.24) is 15.5 Å². The molecule has 7 nitrogen and oxygen atoms in total. The number of benzene rings is 1. The van der Waals surface area contributed by atoms with Gasteiger partial charge in [-0.05, 0) is 44.5 Å². The van der Waals surface area contributed by atoms with E-state index in [0.29, 0.717) is 17.9 Å². The fraction of sp³-hybridized carbons (Fsp3) is 0.455. The van der Waals surface area contributed by atoms with Crippen LogP contribution in [0.3, 0.4) is 0 Å². The number of hydrogen-bond donors (Lipinski definition) is 2. The van der Waals surface area contributed by atoms with E-state index in [2.05, 4.69) is 44.7 Å². The van der Waals surface area contributed by atoms with Gasteiger partial charge in [-0.25, -0.2) is 0 Å². The fourth-order valence-electron chi connectivity index (χ4n) is 3.50. The van der Waals surface area contributed by atoms with E-state index in [1.165, 1.54) is 12.0 Å². The second kappa shape index (κ2) is 10.7. The molecule has 0 aliphatic carbocycles. The lowest BCUT2D eigenvalue weighted by Gasteiger charge is -2.36. The molecule has 1 fully saturated rings. The van der Waals surface area contributed by atoms with Crippen LogP contribution in [0.2, 0.25) is 0 Å². The van der Waals surface area contributed by atoms with Crippen molar-refractivity contribution in [2.75, 3.05) is 50.7 Å². The molecule has 0 radical (unpaired) electrons. The van der Waals surface area contributed by atoms with E-state index in [1.807, 2.05) is 6.07 Å². The standard InChI is InChI=1S/C22H30N4O3/c1-18-20(9-16-29-18)22(28)24-17-21(27)23-10-5-6-11-25-12-14-26(15-13-25)19-7-3-2-4-8-19/h2-4,7-9,16H,5-6,10-15,17H2,1H3,(H,23,27)(H,24,28). The summed E-state index contributed by atoms with van der Waals surface area (Å²) >= 11 is 0. The number of anilines is 1. The van der Waals surface area contributed by atoms with Crippen molar-refractivity contribution < 1.29 is 14.0 Å². The summed E-state index contributed by atoms with van der Waals surface area (Å²) in [6.07, 6.45) is 3.44. The number of rotatable bonds is 9. The van der Waals surface area contributed by atoms with Gasteiger partial charge in [-0.3, -0.25) is 14.5 Å². The van der Waals surface area contributed by atoms with E-state index in [1.54, 1.807) is 13.0 Å². The maximum Gasteiger partial charge on any atom is 0.255 e. The molecular formula is C22H30N4O3. The monoisotopic (exact) mass is 398 g/mol. The molecule has 29 heavy (non-hydrogen) atoms. The highest BCUT2D eigenvalue weighted by Gasteiger charge is 2.16. The average molecular weight is 399 g/mol. The van der Waals surface area contributed by atoms with Crippen molar-refractivity contribution in [3.05, 3.63) is 54.0 Å². The number of piperazine rings is 1. The Kier molecular flexibility index (Phi) is 7.69. The summed E-state index contributed by atoms with van der Waals surface area (Å²) in [6.45, 7) is 7.62. The van der Waals surface area contributed by atoms with Gasteiger partial charge in [-0.1, -0.05) is 18.2 Å². The average Bonchev–Trinajstić information content (AvgIpc) is 3.19. The summed E-state index contributed by atoms with van der Waals surface area (Å²) in [4.78, 5) is 28.7. The summed E-state index contributed by atoms with van der Waals surface area (Å²) in [7, 11) is 0. The van der Waals surface area contributed by atoms with Crippen LogP contribution in [0.25, 0.3) is 0 Å². The Morgan fingerprint density at radius 2 is 1.76 bits per heavy atom. The molecule has 2 aromatic rings. The van der Waals surface area contributed by atoms with Crippen LogP contribution in [0.4, 0.5) is 5.69 Å². The summed E-state index contributed by atoms with van der Waals surface area (Å²) in [5.74, 6) is 0.0875. The smallest absolute Gasteiger partial charge is 0.255 e. The van der Waals surface area contributed by atoms with E-state index >= 15 is 0 Å². The predicted molar refractivity (Wildman–Crippen MR) is 113 cm³/mol. The SMILES string of the molecule is Cc1occc1C(=O)NCC(=O)NCCCCN1CCN(c2ccccc2)CC1. The van der Waals surface area contributed by atoms with Gasteiger partial charge in [-0.15, -0.1) is 0 Å². The minimum absolute atomic E-state index is 0.0229. The number of unbranched alkanes of at least 4 members (excludes halogenated alkanes) is 1. The number of nitrogens with zero attached hydrogens (tertiary/aromatic N) is 2. The van der Waals surface area contributed by atoms with Crippen molar-refractivity contribution in [2.24, 2.45) is 0 Å². The highest BCUT2D eigenvalue weighted by Crippen LogP contribution is 2.15. The van der Waals surface area contributed by atoms with Gasteiger partial charge in [-0.2, -0.15) is 0 Å². The molecule has 1 aromatic heterocycles. The maximum atomic E-state index is 11.9. The molecule has 1 aliphatic rings. The zero-order chi connectivity index (χ0) is 20.5. The Labute approximate surface area is 172 Å². The van der Waals surface area contributed by atoms with Crippen molar-refractivity contribution in [3.63, 3.8) is 0 Å². The topological polar surface area (TPSA) is 77.8 Å². The lowest BCUT2D eigenvalue weighted by molar-refractivity contribution is -0.120. The van der Waals surface area contributed by atoms with Crippen LogP contribution in [0, 0.1) is 6.92 Å². The number of furan rings is 1. The van der Waals surface area contributed by atoms with E-state index in [9.17, 15) is 9.59 Å². The van der Waals surface area contributed by atoms with Crippen molar-refractivity contribution in [1.29, 1.82) is 0 Å². The normalized spacial score (nSPS) is 14.6. The predicted octanol–water partition coefficient (Wildman–Crippen LogP) is 2.04. The third-order valence-corrected chi connectivity index (χ3v) is 5.23. The van der Waals surface area contributed by atoms with Crippen LogP contribution in [0.1, 0.15) is 29.0 Å². The number of hydrogen-bond acceptors (Lipinski definition) is 5. The minimum atomic E-state index is -0.291. The Hall–Kier alpha value is -2.80. The summed E-state index contributed by atoms with van der Waals surface area (Å²) in [5.41, 5.74) is 1.76. The molecule has 7 heteroatoms. The van der Waals surface area contributed by atoms with Gasteiger partial charge in [0, 0.05) is 38.4 Å². The Bertz CT molecular complexity index is 782. The van der Waals surface area contributed by atoms with Crippen LogP contribution in [0.5, 0.6) is 0 Å². The lowest BCUT2D eigenvalue weighted by Crippen LogP contribution is -2.46. The Morgan fingerprint density at radius 3 is 2.45 bits per heavy atom. The van der Waals surface area contributed by atoms with Gasteiger partial charge in [0.15, 0.2) is 0 Å². The summed E-state index contributed by atoms with van der Waals surface area (Å²) < 4.78 is 5.09. The second-order valence-electron chi connectivity index (χ2n) is 7.29. The first kappa shape index (κ1) is 20.9. The number of aryl methyl sites for hydroxylation is 1. The van der Waals surface area contributed by atoms with Crippen LogP contribution >= 0.6 is 0 Å². The summed E-state index contributed by atoms with van der Waals surface area (Å²) in [5, 5.41) is 5.47. The fourth-order valence-corrected chi connectivity index (χ4v) is 3.50. The molecule has 0 bridgehead atoms. The van der Waals surface area contributed by atoms with E-state index in [-0.39, 0.29) is 18.4 Å². The first-order chi connectivity index (χ1) is 14.1. The molecule has 156 valence electrons. The highest BCUT2D eigenvalue weighted by molar-refractivity contribution is 5.97. The molecular weight excluding hydrogens is 368 g/mol. The lowest BCUT2D eigenvalue weighted by atomic mass is 10.2. The number of para-hydroxylation sites is 1. The number of amides is 2. The third-order valence-electron chi connectivity index (χ3n) is 5.23. The van der Waals surface area contributed by atoms with E-state index in [4.69, 9.17) is 4.42 Å². The maximum absolute atomic E-state index is 11.9. The first-order valence-corrected chi connectivity index (χ1v) is 10.2. The van der Waals surface area contributed by atoms with Gasteiger partial charge >= 0.3 is 0 Å². The van der Waals surface area contributed by atoms with Crippen LogP contribution in [-0.2, 0) is 4.79 Å². The van der Waals surface area contributed by atoms with E-state index < -0.39 is 0 Å². The Balaban J connectivity index is 1.23. The van der Waals surface area contributed by atoms with Crippen LogP contribution in [-0.4, -0.2) is 62.5 Å². The largest absolute Gasteiger partial charge is 0.469 e. The zero-order valence-corrected chi connectivity index (χ0v) is 17.0. The highest BCUT2D eigenvalue weighted by atomic mass is 16.3. The molecule has 1 aromatic carbocycles. The van der Waals surface area contributed by atoms with Crippen molar-refractivity contribution in [2.45, 2.75) is 19.8 Å². The van der Waals surface area contributed by atoms with E-state index in [0.717, 1.165) is 45.6 Å². The van der Waals surface area contributed by atoms with Gasteiger partial charge in [0.1, 0.15) is 5.76 Å². The van der Waals surface area contributed by atoms with Crippen LogP contribution < -0.4 is 15.5 Å². The second-order valence-corrected chi connectivity index (χ2v) is 7.29. The van der Waals surface area contributed by atoms with Gasteiger partial charge < -0.3 is 20.0 Å². The number of nitrogens with one attached hydrogen (secondary N) is 2. The van der Waals surface area contributed by atoms with Crippen molar-refractivity contribution in [3.8, 4) is 0 Å². The summed E-state index contributed by atoms with van der Waals surface area (Å²) in [6, 6.07) is 12.1. The molecule has 1 saturated heterocycles. The van der Waals surface area contributed by atoms with Crippen LogP contribution in [0.15, 0.2) is 47.1 Å². The molecule has 0 atom stereocenters. The van der Waals surface area contributed by atoms with Gasteiger partial charge in [0.25, 0.3) is 5.91 Å². The van der Waals surface area contributed by atoms with Crippen molar-refractivity contribution >= 4 is 17.5 Å². The molecule has 2 N–H and O–H groups in total. The molecule has 1 aliphatic heterocycles. The third kappa shape index (κ3) is 6.35. The number of carbonyl (C=O) groups is 2. The molecule has 0 unspecified atom stereocenters. The molecule has 2 amide bonds. The molecule has 0 spiro atoms. The molecule has 3 rings (SSSR count). The van der Waals surface area contributed by atoms with Gasteiger partial charge in [0.05, 0.1) is 18.4 Å². The number of carbonyl (C=O) groups excluding carboxylic acids is 2. The quantitative estimate of drug-likeness (QED) is 0.632. The molecule has 0 saturated carbocycles. The van der Waals surface area contributed by atoms with Gasteiger partial charge in [0.2, 0.25) is 5.91 Å². The minimum Gasteiger partial charge on any atom is -0.469 e. The first-order valence-electron chi connectivity index (χ1n) is 10.2. The Morgan fingerprint density at radius 1 is 1.00 bits per heavy atom. The zero-order valence-electron chi connectivity index (χ0n) is 17.0.